The molecule has 1 aliphatic rings. The van der Waals surface area contributed by atoms with Crippen LogP contribution in [0.15, 0.2) is 0 Å². The Hall–Kier alpha value is -1.43. The molecule has 0 saturated heterocycles. The summed E-state index contributed by atoms with van der Waals surface area (Å²) in [5.41, 5.74) is 5.91. The fourth-order valence-electron chi connectivity index (χ4n) is 3.19. The molecule has 0 radical (unpaired) electrons. The monoisotopic (exact) mass is 251 g/mol. The first-order valence-electron chi connectivity index (χ1n) is 6.13. The van der Waals surface area contributed by atoms with E-state index in [1.165, 1.54) is 0 Å². The Morgan fingerprint density at radius 1 is 1.33 bits per heavy atom. The van der Waals surface area contributed by atoms with Crippen LogP contribution in [-0.2, 0) is 0 Å². The van der Waals surface area contributed by atoms with Crippen LogP contribution >= 0.6 is 0 Å². The molecule has 1 fully saturated rings. The van der Waals surface area contributed by atoms with Crippen molar-refractivity contribution in [1.29, 1.82) is 0 Å². The van der Waals surface area contributed by atoms with Gasteiger partial charge >= 0.3 is 0 Å². The summed E-state index contributed by atoms with van der Waals surface area (Å²) in [4.78, 5) is 16.1. The van der Waals surface area contributed by atoms with Gasteiger partial charge in [0, 0.05) is 22.9 Å². The number of aromatic amines is 1. The van der Waals surface area contributed by atoms with Gasteiger partial charge < -0.3 is 11.1 Å². The van der Waals surface area contributed by atoms with Crippen LogP contribution in [0.25, 0.3) is 0 Å². The molecule has 6 heteroatoms. The lowest BCUT2D eigenvalue weighted by Gasteiger charge is -2.62. The summed E-state index contributed by atoms with van der Waals surface area (Å²) in [5.74, 6) is 0.556. The summed E-state index contributed by atoms with van der Waals surface area (Å²) in [6, 6.07) is 0.0792. The Balaban J connectivity index is 2.13. The molecule has 1 saturated carbocycles. The Labute approximate surface area is 107 Å². The van der Waals surface area contributed by atoms with E-state index in [1.807, 2.05) is 0 Å². The lowest BCUT2D eigenvalue weighted by atomic mass is 9.48. The average molecular weight is 251 g/mol. The van der Waals surface area contributed by atoms with Gasteiger partial charge in [-0.25, -0.2) is 4.98 Å². The third kappa shape index (κ3) is 1.71. The van der Waals surface area contributed by atoms with Crippen LogP contribution in [0.1, 0.15) is 44.1 Å². The van der Waals surface area contributed by atoms with Crippen molar-refractivity contribution < 1.29 is 4.79 Å². The number of nitrogens with two attached hydrogens (primary N) is 1. The van der Waals surface area contributed by atoms with Crippen LogP contribution in [0.5, 0.6) is 0 Å². The van der Waals surface area contributed by atoms with Crippen LogP contribution in [-0.4, -0.2) is 33.2 Å². The van der Waals surface area contributed by atoms with E-state index in [1.54, 1.807) is 6.92 Å². The molecule has 1 heterocycles. The highest BCUT2D eigenvalue weighted by atomic mass is 16.2. The number of carbonyl (C=O) groups is 1. The minimum Gasteiger partial charge on any atom is -0.345 e. The lowest BCUT2D eigenvalue weighted by molar-refractivity contribution is -0.0664. The standard InChI is InChI=1S/C12H21N5O/c1-6-14-7(17-16-6)8(18)15-10-11(2,3)9(13)12(10,4)5/h9-10H,13H2,1-5H3,(H,15,18)(H,14,16,17). The molecule has 0 spiro atoms. The van der Waals surface area contributed by atoms with Crippen molar-refractivity contribution in [2.45, 2.75) is 46.7 Å². The van der Waals surface area contributed by atoms with Crippen molar-refractivity contribution in [2.24, 2.45) is 16.6 Å². The van der Waals surface area contributed by atoms with Gasteiger partial charge in [-0.2, -0.15) is 0 Å². The molecule has 0 aliphatic heterocycles. The molecule has 0 atom stereocenters. The zero-order valence-corrected chi connectivity index (χ0v) is 11.5. The number of carbonyl (C=O) groups excluding carboxylic acids is 1. The van der Waals surface area contributed by atoms with Crippen molar-refractivity contribution in [3.05, 3.63) is 11.6 Å². The molecule has 1 aliphatic carbocycles. The highest BCUT2D eigenvalue weighted by Gasteiger charge is 2.60. The van der Waals surface area contributed by atoms with Gasteiger partial charge in [0.25, 0.3) is 5.91 Å². The minimum absolute atomic E-state index is 0.0197. The Morgan fingerprint density at radius 3 is 2.33 bits per heavy atom. The number of hydrogen-bond donors (Lipinski definition) is 3. The third-order valence-electron chi connectivity index (χ3n) is 4.17. The molecule has 6 nitrogen and oxygen atoms in total. The summed E-state index contributed by atoms with van der Waals surface area (Å²) in [6.45, 7) is 10.0. The molecule has 0 aromatic carbocycles. The van der Waals surface area contributed by atoms with Crippen molar-refractivity contribution in [3.8, 4) is 0 Å². The lowest BCUT2D eigenvalue weighted by Crippen LogP contribution is -2.76. The van der Waals surface area contributed by atoms with Gasteiger partial charge in [0.05, 0.1) is 0 Å². The van der Waals surface area contributed by atoms with Crippen molar-refractivity contribution in [2.75, 3.05) is 0 Å². The molecule has 18 heavy (non-hydrogen) atoms. The zero-order valence-electron chi connectivity index (χ0n) is 11.5. The smallest absolute Gasteiger partial charge is 0.291 e. The number of aromatic nitrogens is 3. The summed E-state index contributed by atoms with van der Waals surface area (Å²) in [5, 5.41) is 9.52. The van der Waals surface area contributed by atoms with Crippen LogP contribution in [0.3, 0.4) is 0 Å². The largest absolute Gasteiger partial charge is 0.345 e. The first-order valence-corrected chi connectivity index (χ1v) is 6.13. The van der Waals surface area contributed by atoms with Crippen LogP contribution < -0.4 is 11.1 Å². The maximum absolute atomic E-state index is 12.0. The van der Waals surface area contributed by atoms with Crippen LogP contribution in [0, 0.1) is 17.8 Å². The molecule has 2 rings (SSSR count). The Morgan fingerprint density at radius 2 is 1.89 bits per heavy atom. The molecule has 1 aromatic rings. The number of H-pyrrole nitrogens is 1. The van der Waals surface area contributed by atoms with Crippen LogP contribution in [0.4, 0.5) is 0 Å². The highest BCUT2D eigenvalue weighted by Crippen LogP contribution is 2.52. The number of amides is 1. The fourth-order valence-corrected chi connectivity index (χ4v) is 3.19. The van der Waals surface area contributed by atoms with Crippen molar-refractivity contribution in [3.63, 3.8) is 0 Å². The molecular formula is C12H21N5O. The molecule has 0 bridgehead atoms. The molecule has 4 N–H and O–H groups in total. The number of nitrogens with zero attached hydrogens (tertiary/aromatic N) is 2. The predicted molar refractivity (Wildman–Crippen MR) is 67.9 cm³/mol. The maximum atomic E-state index is 12.0. The average Bonchev–Trinajstić information content (AvgIpc) is 2.71. The van der Waals surface area contributed by atoms with E-state index >= 15 is 0 Å². The molecule has 1 amide bonds. The van der Waals surface area contributed by atoms with E-state index in [9.17, 15) is 4.79 Å². The van der Waals surface area contributed by atoms with Crippen molar-refractivity contribution >= 4 is 5.91 Å². The molecule has 100 valence electrons. The van der Waals surface area contributed by atoms with Gasteiger partial charge in [0.15, 0.2) is 0 Å². The van der Waals surface area contributed by atoms with Crippen molar-refractivity contribution in [1.82, 2.24) is 20.5 Å². The minimum atomic E-state index is -0.252. The Bertz CT molecular complexity index is 461. The quantitative estimate of drug-likeness (QED) is 0.717. The highest BCUT2D eigenvalue weighted by molar-refractivity contribution is 5.90. The first-order chi connectivity index (χ1) is 8.17. The summed E-state index contributed by atoms with van der Waals surface area (Å²) in [7, 11) is 0. The van der Waals surface area contributed by atoms with Gasteiger partial charge in [-0.1, -0.05) is 27.7 Å². The number of aryl methyl sites for hydroxylation is 1. The summed E-state index contributed by atoms with van der Waals surface area (Å²) < 4.78 is 0. The fraction of sp³-hybridized carbons (Fsp3) is 0.750. The normalized spacial score (nSPS) is 28.6. The second kappa shape index (κ2) is 3.78. The number of nitrogens with one attached hydrogen (secondary N) is 2. The first kappa shape index (κ1) is 13.0. The molecular weight excluding hydrogens is 230 g/mol. The van der Waals surface area contributed by atoms with E-state index < -0.39 is 0 Å². The van der Waals surface area contributed by atoms with Gasteiger partial charge in [0.1, 0.15) is 5.82 Å². The topological polar surface area (TPSA) is 96.7 Å². The third-order valence-corrected chi connectivity index (χ3v) is 4.17. The summed E-state index contributed by atoms with van der Waals surface area (Å²) in [6.07, 6.45) is 0. The molecule has 1 aromatic heterocycles. The van der Waals surface area contributed by atoms with E-state index in [0.29, 0.717) is 5.82 Å². The van der Waals surface area contributed by atoms with Gasteiger partial charge in [0.2, 0.25) is 5.82 Å². The number of rotatable bonds is 2. The van der Waals surface area contributed by atoms with E-state index in [-0.39, 0.29) is 34.6 Å². The predicted octanol–water partition coefficient (Wildman–Crippen LogP) is 0.605. The second-order valence-electron chi connectivity index (χ2n) is 6.27. The van der Waals surface area contributed by atoms with E-state index in [2.05, 4.69) is 48.2 Å². The zero-order chi connectivity index (χ0) is 13.7. The molecule has 0 unspecified atom stereocenters. The van der Waals surface area contributed by atoms with Gasteiger partial charge in [-0.05, 0) is 6.92 Å². The van der Waals surface area contributed by atoms with Gasteiger partial charge in [-0.15, -0.1) is 5.10 Å². The second-order valence-corrected chi connectivity index (χ2v) is 6.27. The van der Waals surface area contributed by atoms with E-state index in [0.717, 1.165) is 0 Å². The van der Waals surface area contributed by atoms with Crippen LogP contribution in [0.2, 0.25) is 0 Å². The number of hydrogen-bond acceptors (Lipinski definition) is 4. The Kier molecular flexibility index (Phi) is 2.73. The van der Waals surface area contributed by atoms with E-state index in [4.69, 9.17) is 5.73 Å². The SMILES string of the molecule is Cc1nc(C(=O)NC2C(C)(C)C(N)C2(C)C)n[nH]1. The summed E-state index contributed by atoms with van der Waals surface area (Å²) >= 11 is 0. The maximum Gasteiger partial charge on any atom is 0.291 e. The van der Waals surface area contributed by atoms with Gasteiger partial charge in [-0.3, -0.25) is 9.89 Å².